The summed E-state index contributed by atoms with van der Waals surface area (Å²) in [6.07, 6.45) is 91.4. The number of esters is 4. The fraction of sp³-hybridized carbons (Fsp3) is 0.796. The van der Waals surface area contributed by atoms with E-state index in [1.807, 2.05) is 42.5 Å². The number of anilines is 2. The van der Waals surface area contributed by atoms with Crippen molar-refractivity contribution in [1.29, 1.82) is 0 Å². The van der Waals surface area contributed by atoms with Gasteiger partial charge in [-0.3, -0.25) is 19.2 Å². The molecule has 2 aromatic rings. The summed E-state index contributed by atoms with van der Waals surface area (Å²) in [6, 6.07) is 16.3. The lowest BCUT2D eigenvalue weighted by atomic mass is 10.0. The van der Waals surface area contributed by atoms with Crippen LogP contribution in [0, 0.1) is 0 Å². The summed E-state index contributed by atoms with van der Waals surface area (Å²) in [6.45, 7) is 13.1. The third-order valence-electron chi connectivity index (χ3n) is 20.8. The van der Waals surface area contributed by atoms with Gasteiger partial charge in [0.2, 0.25) is 0 Å². The molecule has 640 valence electrons. The molecule has 0 spiro atoms. The number of allylic oxidation sites excluding steroid dienone is 4. The number of nitrogen functional groups attached to an aromatic ring is 2. The van der Waals surface area contributed by atoms with Crippen molar-refractivity contribution in [2.75, 3.05) is 37.9 Å². The molecule has 8 N–H and O–H groups in total. The van der Waals surface area contributed by atoms with E-state index in [4.69, 9.17) is 41.9 Å². The zero-order chi connectivity index (χ0) is 80.4. The van der Waals surface area contributed by atoms with Crippen molar-refractivity contribution in [2.24, 2.45) is 11.5 Å². The van der Waals surface area contributed by atoms with Crippen molar-refractivity contribution in [3.05, 3.63) is 84.5 Å². The van der Waals surface area contributed by atoms with Gasteiger partial charge in [0.05, 0.1) is 26.4 Å². The van der Waals surface area contributed by atoms with E-state index in [-0.39, 0.29) is 37.6 Å². The number of carbonyl (C=O) groups excluding carboxylic acids is 4. The van der Waals surface area contributed by atoms with Crippen molar-refractivity contribution >= 4 is 35.3 Å². The van der Waals surface area contributed by atoms with Crippen LogP contribution >= 0.6 is 0 Å². The second kappa shape index (κ2) is 91.5. The molecular weight excluding hydrogens is 1360 g/mol. The second-order valence-corrected chi connectivity index (χ2v) is 31.8. The van der Waals surface area contributed by atoms with Crippen LogP contribution in [0.15, 0.2) is 78.9 Å². The summed E-state index contributed by atoms with van der Waals surface area (Å²) >= 11 is 0. The van der Waals surface area contributed by atoms with Gasteiger partial charge in [-0.1, -0.05) is 404 Å². The molecule has 0 heterocycles. The molecule has 0 aliphatic heterocycles. The summed E-state index contributed by atoms with van der Waals surface area (Å²) in [4.78, 5) is 48.1. The second-order valence-electron chi connectivity index (χ2n) is 31.8. The van der Waals surface area contributed by atoms with Crippen molar-refractivity contribution < 1.29 is 38.1 Å². The molecule has 2 rings (SSSR count). The molecule has 12 heteroatoms. The van der Waals surface area contributed by atoms with E-state index in [2.05, 4.69) is 71.1 Å². The van der Waals surface area contributed by atoms with E-state index in [0.29, 0.717) is 26.4 Å². The molecule has 0 unspecified atom stereocenters. The number of carbonyl (C=O) groups is 4. The van der Waals surface area contributed by atoms with Gasteiger partial charge in [0.15, 0.2) is 0 Å². The Kier molecular flexibility index (Phi) is 89.3. The molecule has 2 aromatic carbocycles. The Balaban J connectivity index is 0. The van der Waals surface area contributed by atoms with Gasteiger partial charge in [-0.2, -0.15) is 0 Å². The Morgan fingerprint density at radius 2 is 0.491 bits per heavy atom. The average Bonchev–Trinajstić information content (AvgIpc) is 0.942. The van der Waals surface area contributed by atoms with Gasteiger partial charge in [-0.05, 0) is 133 Å². The minimum absolute atomic E-state index is 0.164. The van der Waals surface area contributed by atoms with Gasteiger partial charge in [0, 0.05) is 24.2 Å². The topological polar surface area (TPSA) is 209 Å². The molecule has 0 fully saturated rings. The van der Waals surface area contributed by atoms with Crippen LogP contribution in [0.25, 0.3) is 0 Å². The number of benzene rings is 2. The minimum Gasteiger partial charge on any atom is -0.466 e. The fourth-order valence-corrected chi connectivity index (χ4v) is 13.4. The van der Waals surface area contributed by atoms with Crippen LogP contribution in [-0.2, 0) is 44.5 Å². The summed E-state index contributed by atoms with van der Waals surface area (Å²) in [7, 11) is 0. The molecule has 0 amide bonds. The highest BCUT2D eigenvalue weighted by atomic mass is 16.5. The highest BCUT2D eigenvalue weighted by Crippen LogP contribution is 2.19. The largest absolute Gasteiger partial charge is 0.466 e. The number of nitrogens with two attached hydrogens (primary N) is 4. The van der Waals surface area contributed by atoms with Crippen LogP contribution in [-0.4, -0.2) is 62.4 Å². The number of ether oxygens (including phenoxy) is 4. The first kappa shape index (κ1) is 107. The number of rotatable bonds is 77. The molecule has 110 heavy (non-hydrogen) atoms. The molecule has 0 aliphatic rings. The molecule has 0 radical (unpaired) electrons. The van der Waals surface area contributed by atoms with Gasteiger partial charge in [-0.15, -0.1) is 0 Å². The maximum atomic E-state index is 12.1. The van der Waals surface area contributed by atoms with Gasteiger partial charge in [-0.25, -0.2) is 0 Å². The van der Waals surface area contributed by atoms with E-state index >= 15 is 0 Å². The van der Waals surface area contributed by atoms with Gasteiger partial charge in [0.1, 0.15) is 12.1 Å². The van der Waals surface area contributed by atoms with Crippen molar-refractivity contribution in [1.82, 2.24) is 0 Å². The summed E-state index contributed by atoms with van der Waals surface area (Å²) < 4.78 is 21.2. The van der Waals surface area contributed by atoms with Crippen LogP contribution in [0.5, 0.6) is 0 Å². The molecule has 12 nitrogen and oxygen atoms in total. The smallest absolute Gasteiger partial charge is 0.322 e. The quantitative estimate of drug-likeness (QED) is 0.0160. The Bertz CT molecular complexity index is 2240. The Hall–Kier alpha value is -4.68. The first-order valence-corrected chi connectivity index (χ1v) is 47.1. The van der Waals surface area contributed by atoms with Crippen molar-refractivity contribution in [2.45, 2.75) is 477 Å². The standard InChI is InChI=1S/C41H77NO4.C33H65NO4.C18H31N.C6H7N/c1-3-5-7-9-11-13-15-17-19-21-23-25-27-29-31-33-37-45-40(43)36-35-39(42)41(44)46-38-34-32-30-28-26-24-22-20-18-16-14-12-10-8-6-4-2;1-3-5-7-9-11-13-15-17-19-21-23-25-29-37-32(35)28-27-31(34)33(36)38-30-26-24-22-20-18-16-14-12-10-8-6-4-2;1-2-3-4-5-6-7-8-9-10-11-12-17-13-15-18(19)16-14-17;7-6-4-2-1-3-5-6/h17-20,39H,3-16,21-38,42H2,1-2H3;31H,3-30,34H2,1-2H3;13-16H,2-12,19H2,1H3;1-5H,7H2/b19-17-,20-18-;;;/t39-;31-;;/m00../s1. The minimum atomic E-state index is -0.757. The Morgan fingerprint density at radius 1 is 0.273 bits per heavy atom. The van der Waals surface area contributed by atoms with Crippen LogP contribution in [0.3, 0.4) is 0 Å². The summed E-state index contributed by atoms with van der Waals surface area (Å²) in [5.74, 6) is -1.35. The fourth-order valence-electron chi connectivity index (χ4n) is 13.4. The van der Waals surface area contributed by atoms with Crippen LogP contribution < -0.4 is 22.9 Å². The van der Waals surface area contributed by atoms with Crippen molar-refractivity contribution in [3.8, 4) is 0 Å². The molecule has 0 saturated carbocycles. The SMILES string of the molecule is CCCCCCCC/C=C\CCCCCCCCOC(=O)CC[C@H](N)C(=O)OCCCCCCCC/C=C\CCCCCCCC.CCCCCCCCCCCCCCOC(=O)CC[C@H](N)C(=O)OCCCCCCCCCCCCCC.CCCCCCCCCCCCc1ccc(N)cc1.Nc1ccccc1. The van der Waals surface area contributed by atoms with Gasteiger partial charge < -0.3 is 41.9 Å². The maximum absolute atomic E-state index is 12.1. The zero-order valence-electron chi connectivity index (χ0n) is 72.9. The Morgan fingerprint density at radius 3 is 0.736 bits per heavy atom. The zero-order valence-corrected chi connectivity index (χ0v) is 72.9. The van der Waals surface area contributed by atoms with E-state index in [1.165, 1.54) is 359 Å². The highest BCUT2D eigenvalue weighted by molar-refractivity contribution is 5.77. The number of unbranched alkanes of at least 4 members (excludes halogenated alkanes) is 55. The van der Waals surface area contributed by atoms with E-state index < -0.39 is 24.0 Å². The molecule has 0 aliphatic carbocycles. The summed E-state index contributed by atoms with van der Waals surface area (Å²) in [5.41, 5.74) is 26.0. The highest BCUT2D eigenvalue weighted by Gasteiger charge is 2.19. The predicted octanol–water partition coefficient (Wildman–Crippen LogP) is 28.8. The van der Waals surface area contributed by atoms with Gasteiger partial charge in [0.25, 0.3) is 0 Å². The van der Waals surface area contributed by atoms with Crippen molar-refractivity contribution in [3.63, 3.8) is 0 Å². The van der Waals surface area contributed by atoms with E-state index in [9.17, 15) is 19.2 Å². The number of hydrogen-bond donors (Lipinski definition) is 4. The Labute approximate surface area is 680 Å². The number of para-hydroxylation sites is 1. The normalized spacial score (nSPS) is 11.7. The molecule has 0 aromatic heterocycles. The van der Waals surface area contributed by atoms with Crippen LogP contribution in [0.2, 0.25) is 0 Å². The molecule has 0 saturated heterocycles. The average molecular weight is 1540 g/mol. The lowest BCUT2D eigenvalue weighted by Crippen LogP contribution is -2.33. The first-order chi connectivity index (χ1) is 53.9. The molecular formula is C98H180N4O8. The molecule has 2 atom stereocenters. The van der Waals surface area contributed by atoms with E-state index in [1.54, 1.807) is 0 Å². The van der Waals surface area contributed by atoms with E-state index in [0.717, 1.165) is 62.7 Å². The van der Waals surface area contributed by atoms with Gasteiger partial charge >= 0.3 is 23.9 Å². The third-order valence-corrected chi connectivity index (χ3v) is 20.8. The monoisotopic (exact) mass is 1540 g/mol. The maximum Gasteiger partial charge on any atom is 0.322 e. The predicted molar refractivity (Wildman–Crippen MR) is 477 cm³/mol. The lowest BCUT2D eigenvalue weighted by Gasteiger charge is -2.11. The lowest BCUT2D eigenvalue weighted by molar-refractivity contribution is -0.148. The van der Waals surface area contributed by atoms with Crippen LogP contribution in [0.1, 0.15) is 464 Å². The first-order valence-electron chi connectivity index (χ1n) is 47.1. The van der Waals surface area contributed by atoms with Crippen LogP contribution in [0.4, 0.5) is 11.4 Å². The number of aryl methyl sites for hydroxylation is 1. The molecule has 0 bridgehead atoms. The summed E-state index contributed by atoms with van der Waals surface area (Å²) in [5, 5.41) is 0. The third kappa shape index (κ3) is 87.3. The number of hydrogen-bond acceptors (Lipinski definition) is 12.